The molecule has 0 radical (unpaired) electrons. The van der Waals surface area contributed by atoms with Gasteiger partial charge in [-0.2, -0.15) is 0 Å². The summed E-state index contributed by atoms with van der Waals surface area (Å²) >= 11 is 0.896. The van der Waals surface area contributed by atoms with Crippen LogP contribution in [0.15, 0.2) is 47.8 Å². The summed E-state index contributed by atoms with van der Waals surface area (Å²) in [4.78, 5) is 16.3. The molecule has 0 atom stereocenters. The molecular formula is C19H14F4N2O2S. The number of carbonyl (C=O) groups is 1. The molecule has 9 heteroatoms. The van der Waals surface area contributed by atoms with Gasteiger partial charge in [-0.3, -0.25) is 4.57 Å². The number of carbonyl (C=O) groups excluding carboxylic acids is 1. The van der Waals surface area contributed by atoms with Gasteiger partial charge in [-0.15, -0.1) is 0 Å². The molecule has 146 valence electrons. The van der Waals surface area contributed by atoms with E-state index in [0.717, 1.165) is 17.8 Å². The Morgan fingerprint density at radius 3 is 2.43 bits per heavy atom. The quantitative estimate of drug-likeness (QED) is 0.251. The average Bonchev–Trinajstić information content (AvgIpc) is 3.10. The molecule has 0 aliphatic carbocycles. The van der Waals surface area contributed by atoms with Gasteiger partial charge in [0.1, 0.15) is 11.6 Å². The molecular weight excluding hydrogens is 396 g/mol. The lowest BCUT2D eigenvalue weighted by Crippen LogP contribution is -2.11. The van der Waals surface area contributed by atoms with E-state index in [1.807, 2.05) is 0 Å². The molecule has 0 saturated heterocycles. The van der Waals surface area contributed by atoms with Gasteiger partial charge < -0.3 is 4.74 Å². The Kier molecular flexibility index (Phi) is 6.03. The van der Waals surface area contributed by atoms with Crippen molar-refractivity contribution in [2.75, 3.05) is 6.61 Å². The van der Waals surface area contributed by atoms with Crippen LogP contribution in [-0.4, -0.2) is 22.1 Å². The molecule has 1 aromatic heterocycles. The van der Waals surface area contributed by atoms with Crippen molar-refractivity contribution in [2.24, 2.45) is 0 Å². The highest BCUT2D eigenvalue weighted by Crippen LogP contribution is 2.29. The lowest BCUT2D eigenvalue weighted by atomic mass is 10.2. The van der Waals surface area contributed by atoms with Crippen LogP contribution in [0.5, 0.6) is 0 Å². The van der Waals surface area contributed by atoms with Crippen molar-refractivity contribution in [1.29, 1.82) is 0 Å². The van der Waals surface area contributed by atoms with Crippen molar-refractivity contribution >= 4 is 17.7 Å². The first-order valence-corrected chi connectivity index (χ1v) is 9.17. The van der Waals surface area contributed by atoms with Crippen LogP contribution in [0.4, 0.5) is 17.6 Å². The largest absolute Gasteiger partial charge is 0.461 e. The van der Waals surface area contributed by atoms with E-state index in [9.17, 15) is 22.4 Å². The highest BCUT2D eigenvalue weighted by atomic mass is 32.2. The van der Waals surface area contributed by atoms with Crippen molar-refractivity contribution in [3.05, 3.63) is 77.1 Å². The van der Waals surface area contributed by atoms with Crippen molar-refractivity contribution in [2.45, 2.75) is 17.8 Å². The Bertz CT molecular complexity index is 1010. The highest BCUT2D eigenvalue weighted by Gasteiger charge is 2.21. The topological polar surface area (TPSA) is 44.1 Å². The standard InChI is InChI=1S/C19H14F4N2O2S/c1-2-27-18(26)16-9-24-19(25(16)12-5-3-11(20)4-6-12)28-10-13-14(21)7-8-15(22)17(13)23/h3-9H,2,10H2,1H3. The van der Waals surface area contributed by atoms with Crippen molar-refractivity contribution in [3.8, 4) is 5.69 Å². The molecule has 2 aromatic carbocycles. The summed E-state index contributed by atoms with van der Waals surface area (Å²) in [5.74, 6) is -4.73. The van der Waals surface area contributed by atoms with Gasteiger partial charge in [0.25, 0.3) is 0 Å². The second-order valence-electron chi connectivity index (χ2n) is 5.57. The third-order valence-corrected chi connectivity index (χ3v) is 4.76. The minimum absolute atomic E-state index is 0.0659. The van der Waals surface area contributed by atoms with E-state index in [2.05, 4.69) is 4.98 Å². The fraction of sp³-hybridized carbons (Fsp3) is 0.158. The van der Waals surface area contributed by atoms with Gasteiger partial charge in [-0.1, -0.05) is 11.8 Å². The highest BCUT2D eigenvalue weighted by molar-refractivity contribution is 7.98. The number of nitrogens with zero attached hydrogens (tertiary/aromatic N) is 2. The zero-order valence-corrected chi connectivity index (χ0v) is 15.4. The molecule has 0 fully saturated rings. The molecule has 1 heterocycles. The maximum Gasteiger partial charge on any atom is 0.357 e. The molecule has 0 N–H and O–H groups in total. The third kappa shape index (κ3) is 4.04. The van der Waals surface area contributed by atoms with Crippen LogP contribution in [0.2, 0.25) is 0 Å². The SMILES string of the molecule is CCOC(=O)c1cnc(SCc2c(F)ccc(F)c2F)n1-c1ccc(F)cc1. The molecule has 0 bridgehead atoms. The van der Waals surface area contributed by atoms with E-state index < -0.39 is 34.8 Å². The first-order chi connectivity index (χ1) is 13.4. The fourth-order valence-electron chi connectivity index (χ4n) is 2.46. The molecule has 0 aliphatic heterocycles. The van der Waals surface area contributed by atoms with E-state index in [1.165, 1.54) is 35.0 Å². The van der Waals surface area contributed by atoms with Gasteiger partial charge >= 0.3 is 5.97 Å². The van der Waals surface area contributed by atoms with Crippen LogP contribution in [0.1, 0.15) is 23.0 Å². The number of aromatic nitrogens is 2. The molecule has 0 aliphatic rings. The Morgan fingerprint density at radius 1 is 1.07 bits per heavy atom. The first kappa shape index (κ1) is 19.9. The minimum Gasteiger partial charge on any atom is -0.461 e. The lowest BCUT2D eigenvalue weighted by Gasteiger charge is -2.12. The van der Waals surface area contributed by atoms with Gasteiger partial charge in [0.2, 0.25) is 0 Å². The van der Waals surface area contributed by atoms with Crippen molar-refractivity contribution in [3.63, 3.8) is 0 Å². The number of esters is 1. The Hall–Kier alpha value is -2.81. The number of imidazole rings is 1. The smallest absolute Gasteiger partial charge is 0.357 e. The van der Waals surface area contributed by atoms with Crippen LogP contribution in [0.3, 0.4) is 0 Å². The summed E-state index contributed by atoms with van der Waals surface area (Å²) in [6.45, 7) is 1.78. The zero-order chi connectivity index (χ0) is 20.3. The van der Waals surface area contributed by atoms with E-state index in [0.29, 0.717) is 11.8 Å². The number of thioether (sulfide) groups is 1. The van der Waals surface area contributed by atoms with E-state index in [4.69, 9.17) is 4.74 Å². The van der Waals surface area contributed by atoms with Crippen LogP contribution < -0.4 is 0 Å². The molecule has 0 unspecified atom stereocenters. The van der Waals surface area contributed by atoms with E-state index in [1.54, 1.807) is 6.92 Å². The first-order valence-electron chi connectivity index (χ1n) is 8.18. The molecule has 0 spiro atoms. The summed E-state index contributed by atoms with van der Waals surface area (Å²) in [5.41, 5.74) is 0.0251. The number of benzene rings is 2. The predicted molar refractivity (Wildman–Crippen MR) is 95.4 cm³/mol. The Balaban J connectivity index is 1.98. The van der Waals surface area contributed by atoms with Gasteiger partial charge in [0.05, 0.1) is 12.8 Å². The summed E-state index contributed by atoms with van der Waals surface area (Å²) in [7, 11) is 0. The molecule has 0 saturated carbocycles. The monoisotopic (exact) mass is 410 g/mol. The zero-order valence-electron chi connectivity index (χ0n) is 14.6. The van der Waals surface area contributed by atoms with Crippen molar-refractivity contribution < 1.29 is 27.1 Å². The molecule has 3 rings (SSSR count). The second-order valence-corrected chi connectivity index (χ2v) is 6.51. The summed E-state index contributed by atoms with van der Waals surface area (Å²) in [6, 6.07) is 6.79. The normalized spacial score (nSPS) is 10.9. The van der Waals surface area contributed by atoms with Crippen LogP contribution in [0, 0.1) is 23.3 Å². The van der Waals surface area contributed by atoms with Gasteiger partial charge in [-0.25, -0.2) is 27.3 Å². The molecule has 28 heavy (non-hydrogen) atoms. The number of halogens is 4. The Labute approximate surface area is 162 Å². The number of hydrogen-bond acceptors (Lipinski definition) is 4. The average molecular weight is 410 g/mol. The fourth-order valence-corrected chi connectivity index (χ4v) is 3.46. The molecule has 3 aromatic rings. The van der Waals surface area contributed by atoms with Crippen LogP contribution in [-0.2, 0) is 10.5 Å². The number of rotatable bonds is 6. The second kappa shape index (κ2) is 8.47. The number of ether oxygens (including phenoxy) is 1. The maximum absolute atomic E-state index is 13.9. The van der Waals surface area contributed by atoms with Gasteiger partial charge in [0.15, 0.2) is 22.5 Å². The Morgan fingerprint density at radius 2 is 1.75 bits per heavy atom. The summed E-state index contributed by atoms with van der Waals surface area (Å²) in [5, 5.41) is 0.206. The maximum atomic E-state index is 13.9. The van der Waals surface area contributed by atoms with E-state index >= 15 is 0 Å². The molecule has 4 nitrogen and oxygen atoms in total. The van der Waals surface area contributed by atoms with Gasteiger partial charge in [0, 0.05) is 17.0 Å². The van der Waals surface area contributed by atoms with Crippen LogP contribution in [0.25, 0.3) is 5.69 Å². The predicted octanol–water partition coefficient (Wildman–Crippen LogP) is 4.90. The lowest BCUT2D eigenvalue weighted by molar-refractivity contribution is 0.0516. The van der Waals surface area contributed by atoms with E-state index in [-0.39, 0.29) is 23.2 Å². The van der Waals surface area contributed by atoms with Crippen molar-refractivity contribution in [1.82, 2.24) is 9.55 Å². The summed E-state index contributed by atoms with van der Waals surface area (Å²) < 4.78 is 60.8. The summed E-state index contributed by atoms with van der Waals surface area (Å²) in [6.07, 6.45) is 1.25. The third-order valence-electron chi connectivity index (χ3n) is 3.78. The van der Waals surface area contributed by atoms with Gasteiger partial charge in [-0.05, 0) is 43.3 Å². The molecule has 0 amide bonds. The minimum atomic E-state index is -1.28. The van der Waals surface area contributed by atoms with Crippen LogP contribution >= 0.6 is 11.8 Å². The number of hydrogen-bond donors (Lipinski definition) is 0.